The van der Waals surface area contributed by atoms with Crippen LogP contribution in [0.15, 0.2) is 0 Å². The lowest BCUT2D eigenvalue weighted by atomic mass is 10.4. The third-order valence-corrected chi connectivity index (χ3v) is 6.33. The van der Waals surface area contributed by atoms with Gasteiger partial charge in [0, 0.05) is 11.9 Å². The van der Waals surface area contributed by atoms with Crippen LogP contribution in [-0.2, 0) is 14.2 Å². The van der Waals surface area contributed by atoms with Crippen molar-refractivity contribution in [2.24, 2.45) is 0 Å². The zero-order valence-corrected chi connectivity index (χ0v) is 13.7. The van der Waals surface area contributed by atoms with E-state index in [9.17, 15) is 4.57 Å². The molecule has 1 fully saturated rings. The molecule has 1 unspecified atom stereocenters. The van der Waals surface area contributed by atoms with Crippen LogP contribution in [0.4, 0.5) is 0 Å². The van der Waals surface area contributed by atoms with Crippen LogP contribution < -0.4 is 0 Å². The summed E-state index contributed by atoms with van der Waals surface area (Å²) in [6.45, 7) is 2.23. The monoisotopic (exact) mass is 313 g/mol. The number of rotatable bonds is 11. The van der Waals surface area contributed by atoms with Crippen molar-refractivity contribution in [3.8, 4) is 0 Å². The van der Waals surface area contributed by atoms with Crippen molar-refractivity contribution in [3.05, 3.63) is 0 Å². The summed E-state index contributed by atoms with van der Waals surface area (Å²) in [5.74, 6) is 1.17. The molecule has 0 aliphatic carbocycles. The highest BCUT2D eigenvalue weighted by Gasteiger charge is 2.12. The molecule has 1 aliphatic rings. The van der Waals surface area contributed by atoms with Crippen molar-refractivity contribution in [1.29, 1.82) is 0 Å². The van der Waals surface area contributed by atoms with Crippen molar-refractivity contribution >= 4 is 29.4 Å². The molecule has 0 bridgehead atoms. The van der Waals surface area contributed by atoms with Crippen LogP contribution in [0.5, 0.6) is 0 Å². The van der Waals surface area contributed by atoms with Crippen molar-refractivity contribution in [3.63, 3.8) is 0 Å². The minimum atomic E-state index is -1.38. The number of hydroxylamine groups is 2. The predicted molar refractivity (Wildman–Crippen MR) is 81.8 cm³/mol. The van der Waals surface area contributed by atoms with Crippen molar-refractivity contribution in [2.75, 3.05) is 44.1 Å². The Morgan fingerprint density at radius 2 is 2.17 bits per heavy atom. The third-order valence-electron chi connectivity index (χ3n) is 2.61. The van der Waals surface area contributed by atoms with E-state index in [2.05, 4.69) is 6.26 Å². The van der Waals surface area contributed by atoms with Crippen LogP contribution in [0.2, 0.25) is 0 Å². The van der Waals surface area contributed by atoms with Crippen molar-refractivity contribution in [1.82, 2.24) is 5.23 Å². The van der Waals surface area contributed by atoms with Gasteiger partial charge in [-0.25, -0.2) is 0 Å². The highest BCUT2D eigenvalue weighted by molar-refractivity contribution is 8.76. The molecule has 0 aromatic carbocycles. The van der Waals surface area contributed by atoms with Crippen molar-refractivity contribution < 1.29 is 14.2 Å². The molecule has 1 aliphatic heterocycles. The van der Waals surface area contributed by atoms with Gasteiger partial charge in [-0.05, 0) is 38.1 Å². The molecule has 0 amide bonds. The Hall–Kier alpha value is 0.810. The highest BCUT2D eigenvalue weighted by Crippen LogP contribution is 2.25. The summed E-state index contributed by atoms with van der Waals surface area (Å²) in [7, 11) is 2.31. The summed E-state index contributed by atoms with van der Waals surface area (Å²) in [6, 6.07) is 0. The maximum absolute atomic E-state index is 11.7. The van der Waals surface area contributed by atoms with Gasteiger partial charge in [-0.1, -0.05) is 26.8 Å². The number of nitrogens with zero attached hydrogens (tertiary/aromatic N) is 1. The molecule has 0 saturated carbocycles. The van der Waals surface area contributed by atoms with Gasteiger partial charge >= 0.3 is 0 Å². The lowest BCUT2D eigenvalue weighted by Gasteiger charge is -2.12. The Morgan fingerprint density at radius 3 is 2.89 bits per heavy atom. The van der Waals surface area contributed by atoms with E-state index < -0.39 is 7.80 Å². The molecule has 0 radical (unpaired) electrons. The van der Waals surface area contributed by atoms with Crippen LogP contribution in [-0.4, -0.2) is 49.3 Å². The van der Waals surface area contributed by atoms with E-state index in [4.69, 9.17) is 9.68 Å². The summed E-state index contributed by atoms with van der Waals surface area (Å²) in [5.41, 5.74) is 0. The smallest absolute Gasteiger partial charge is 0.0763 e. The molecule has 7 heteroatoms. The van der Waals surface area contributed by atoms with Gasteiger partial charge < -0.3 is 4.57 Å². The van der Waals surface area contributed by atoms with Crippen LogP contribution in [0.1, 0.15) is 25.7 Å². The molecule has 0 spiro atoms. The van der Waals surface area contributed by atoms with Crippen LogP contribution in [0.25, 0.3) is 0 Å². The summed E-state index contributed by atoms with van der Waals surface area (Å²) >= 11 is 0. The van der Waals surface area contributed by atoms with E-state index >= 15 is 0 Å². The molecule has 1 rings (SSSR count). The van der Waals surface area contributed by atoms with Crippen LogP contribution >= 0.6 is 29.4 Å². The molecular weight excluding hydrogens is 289 g/mol. The Bertz CT molecular complexity index is 228. The van der Waals surface area contributed by atoms with E-state index in [1.807, 2.05) is 10.8 Å². The number of unbranched alkanes of at least 4 members (excludes halogenated alkanes) is 1. The van der Waals surface area contributed by atoms with E-state index in [0.717, 1.165) is 44.7 Å². The topological polar surface area (TPSA) is 38.8 Å². The lowest BCUT2D eigenvalue weighted by molar-refractivity contribution is -0.339. The number of hydrogen-bond acceptors (Lipinski definition) is 6. The normalized spacial score (nSPS) is 18.3. The Morgan fingerprint density at radius 1 is 1.33 bits per heavy atom. The van der Waals surface area contributed by atoms with Gasteiger partial charge in [0.2, 0.25) is 0 Å². The molecular formula is C11H24NO3PS2. The quantitative estimate of drug-likeness (QED) is 0.331. The summed E-state index contributed by atoms with van der Waals surface area (Å²) < 4.78 is 11.7. The third kappa shape index (κ3) is 8.83. The summed E-state index contributed by atoms with van der Waals surface area (Å²) in [4.78, 5) is 10.6. The predicted octanol–water partition coefficient (Wildman–Crippen LogP) is 3.30. The van der Waals surface area contributed by atoms with Crippen LogP contribution in [0, 0.1) is 0 Å². The van der Waals surface area contributed by atoms with E-state index in [-0.39, 0.29) is 0 Å². The van der Waals surface area contributed by atoms with Gasteiger partial charge in [0.1, 0.15) is 0 Å². The average molecular weight is 313 g/mol. The molecule has 0 N–H and O–H groups in total. The van der Waals surface area contributed by atoms with E-state index in [0.29, 0.717) is 6.61 Å². The van der Waals surface area contributed by atoms with Gasteiger partial charge in [0.05, 0.1) is 27.6 Å². The van der Waals surface area contributed by atoms with Gasteiger partial charge in [-0.3, -0.25) is 9.68 Å². The Balaban J connectivity index is 1.84. The average Bonchev–Trinajstić information content (AvgIpc) is 2.87. The molecule has 1 saturated heterocycles. The van der Waals surface area contributed by atoms with Crippen molar-refractivity contribution in [2.45, 2.75) is 25.7 Å². The minimum Gasteiger partial charge on any atom is -0.327 e. The number of hydrogen-bond donors (Lipinski definition) is 0. The fourth-order valence-electron chi connectivity index (χ4n) is 1.65. The minimum absolute atomic E-state index is 0.624. The Kier molecular flexibility index (Phi) is 10.9. The van der Waals surface area contributed by atoms with Gasteiger partial charge in [-0.2, -0.15) is 0 Å². The second kappa shape index (κ2) is 11.6. The van der Waals surface area contributed by atoms with Gasteiger partial charge in [0.15, 0.2) is 0 Å². The van der Waals surface area contributed by atoms with Crippen LogP contribution in [0.3, 0.4) is 0 Å². The lowest BCUT2D eigenvalue weighted by Crippen LogP contribution is -2.19. The fraction of sp³-hybridized carbons (Fsp3) is 1.00. The molecule has 4 nitrogen and oxygen atoms in total. The summed E-state index contributed by atoms with van der Waals surface area (Å²) in [6.07, 6.45) is 7.99. The fourth-order valence-corrected chi connectivity index (χ4v) is 4.43. The second-order valence-corrected chi connectivity index (χ2v) is 8.93. The molecule has 1 atom stereocenters. The Labute approximate surface area is 119 Å². The molecule has 0 aromatic rings. The zero-order valence-electron chi connectivity index (χ0n) is 11.1. The van der Waals surface area contributed by atoms with E-state index in [1.165, 1.54) is 12.2 Å². The zero-order chi connectivity index (χ0) is 13.1. The first-order valence-electron chi connectivity index (χ1n) is 6.53. The second-order valence-electron chi connectivity index (χ2n) is 4.16. The largest absolute Gasteiger partial charge is 0.327 e. The molecule has 1 heterocycles. The summed E-state index contributed by atoms with van der Waals surface area (Å²) in [5, 5.41) is 1.55. The van der Waals surface area contributed by atoms with E-state index in [1.54, 1.807) is 16.0 Å². The molecule has 0 aromatic heterocycles. The molecule has 18 heavy (non-hydrogen) atoms. The first kappa shape index (κ1) is 16.9. The first-order valence-corrected chi connectivity index (χ1v) is 11.1. The van der Waals surface area contributed by atoms with Gasteiger partial charge in [0.25, 0.3) is 0 Å². The maximum atomic E-state index is 11.7. The molecule has 108 valence electrons. The maximum Gasteiger partial charge on any atom is 0.0763 e. The van der Waals surface area contributed by atoms with Gasteiger partial charge in [-0.15, -0.1) is 0 Å². The SMILES string of the molecule is CSSCCCC[PH](=O)CCCON1CCCO1. The standard InChI is InChI=1S/C11H24NO3PS2/c1-17-18-11-3-2-9-16(13)10-5-8-15-12-6-4-7-14-12/h16H,2-11H2,1H3. The first-order chi connectivity index (χ1) is 8.83. The highest BCUT2D eigenvalue weighted by atomic mass is 33.1.